The zero-order valence-corrected chi connectivity index (χ0v) is 12.3. The van der Waals surface area contributed by atoms with Crippen LogP contribution in [0.3, 0.4) is 0 Å². The number of amides is 1. The van der Waals surface area contributed by atoms with Crippen molar-refractivity contribution >= 4 is 17.7 Å². The van der Waals surface area contributed by atoms with Crippen molar-refractivity contribution in [3.05, 3.63) is 0 Å². The largest absolute Gasteiger partial charge is 0.395 e. The molecule has 0 aromatic carbocycles. The molecule has 0 fully saturated rings. The minimum Gasteiger partial charge on any atom is -0.395 e. The lowest BCUT2D eigenvalue weighted by Crippen LogP contribution is -2.45. The summed E-state index contributed by atoms with van der Waals surface area (Å²) in [5, 5.41) is 12.0. The minimum absolute atomic E-state index is 0.0322. The predicted molar refractivity (Wildman–Crippen MR) is 74.0 cm³/mol. The van der Waals surface area contributed by atoms with Gasteiger partial charge in [-0.05, 0) is 18.6 Å². The van der Waals surface area contributed by atoms with Crippen molar-refractivity contribution in [2.24, 2.45) is 11.1 Å². The van der Waals surface area contributed by atoms with Crippen molar-refractivity contribution in [3.8, 4) is 0 Å². The van der Waals surface area contributed by atoms with Gasteiger partial charge in [-0.25, -0.2) is 0 Å². The molecular formula is C12H26N2O2S. The smallest absolute Gasteiger partial charge is 0.221 e. The van der Waals surface area contributed by atoms with Crippen molar-refractivity contribution in [1.29, 1.82) is 0 Å². The normalized spacial score (nSPS) is 17.4. The van der Waals surface area contributed by atoms with Gasteiger partial charge in [0, 0.05) is 23.8 Å². The molecule has 1 amide bonds. The third kappa shape index (κ3) is 6.29. The Morgan fingerprint density at radius 1 is 1.47 bits per heavy atom. The zero-order chi connectivity index (χ0) is 13.6. The number of thioether (sulfide) groups is 1. The summed E-state index contributed by atoms with van der Waals surface area (Å²) in [6.45, 7) is 8.03. The summed E-state index contributed by atoms with van der Waals surface area (Å²) < 4.78 is 0. The third-order valence-corrected chi connectivity index (χ3v) is 4.11. The van der Waals surface area contributed by atoms with Crippen LogP contribution in [0.15, 0.2) is 0 Å². The highest BCUT2D eigenvalue weighted by Crippen LogP contribution is 2.19. The van der Waals surface area contributed by atoms with Gasteiger partial charge in [-0.15, -0.1) is 0 Å². The number of carbonyl (C=O) groups excluding carboxylic acids is 1. The summed E-state index contributed by atoms with van der Waals surface area (Å²) in [7, 11) is 0. The maximum atomic E-state index is 11.8. The Balaban J connectivity index is 4.18. The molecule has 0 saturated heterocycles. The molecule has 0 aromatic heterocycles. The molecule has 0 aliphatic rings. The van der Waals surface area contributed by atoms with Crippen molar-refractivity contribution in [2.45, 2.75) is 51.4 Å². The molecule has 0 saturated carbocycles. The molecule has 0 aliphatic carbocycles. The summed E-state index contributed by atoms with van der Waals surface area (Å²) in [6, 6.07) is -0.203. The molecule has 4 N–H and O–H groups in total. The van der Waals surface area contributed by atoms with Crippen LogP contribution < -0.4 is 11.1 Å². The number of aliphatic hydroxyl groups is 1. The fourth-order valence-corrected chi connectivity index (χ4v) is 1.97. The fraction of sp³-hybridized carbons (Fsp3) is 0.917. The van der Waals surface area contributed by atoms with E-state index in [-0.39, 0.29) is 35.3 Å². The molecule has 4 nitrogen and oxygen atoms in total. The van der Waals surface area contributed by atoms with E-state index in [0.29, 0.717) is 6.42 Å². The van der Waals surface area contributed by atoms with Gasteiger partial charge < -0.3 is 16.2 Å². The van der Waals surface area contributed by atoms with Crippen LogP contribution in [0.4, 0.5) is 0 Å². The quantitative estimate of drug-likeness (QED) is 0.667. The maximum Gasteiger partial charge on any atom is 0.221 e. The van der Waals surface area contributed by atoms with E-state index in [0.717, 1.165) is 0 Å². The Morgan fingerprint density at radius 2 is 2.00 bits per heavy atom. The van der Waals surface area contributed by atoms with E-state index < -0.39 is 0 Å². The first-order valence-corrected chi connectivity index (χ1v) is 7.19. The molecule has 0 aliphatic heterocycles. The van der Waals surface area contributed by atoms with Crippen LogP contribution in [-0.2, 0) is 4.79 Å². The number of carbonyl (C=O) groups is 1. The molecular weight excluding hydrogens is 236 g/mol. The number of hydrogen-bond donors (Lipinski definition) is 3. The van der Waals surface area contributed by atoms with Crippen LogP contribution in [0.25, 0.3) is 0 Å². The van der Waals surface area contributed by atoms with Crippen molar-refractivity contribution in [3.63, 3.8) is 0 Å². The van der Waals surface area contributed by atoms with Crippen LogP contribution >= 0.6 is 11.8 Å². The Labute approximate surface area is 109 Å². The number of rotatable bonds is 6. The van der Waals surface area contributed by atoms with Crippen molar-refractivity contribution in [1.82, 2.24) is 5.32 Å². The highest BCUT2D eigenvalue weighted by molar-refractivity contribution is 7.99. The SMILES string of the molecule is CSC(CO)C(C)NC(=O)CC(N)C(C)(C)C. The van der Waals surface area contributed by atoms with E-state index in [9.17, 15) is 4.79 Å². The van der Waals surface area contributed by atoms with Gasteiger partial charge in [0.05, 0.1) is 6.61 Å². The molecule has 0 aromatic rings. The van der Waals surface area contributed by atoms with Gasteiger partial charge in [0.25, 0.3) is 0 Å². The summed E-state index contributed by atoms with van der Waals surface area (Å²) in [5.41, 5.74) is 5.88. The molecule has 5 heteroatoms. The molecule has 0 bridgehead atoms. The zero-order valence-electron chi connectivity index (χ0n) is 11.5. The highest BCUT2D eigenvalue weighted by Gasteiger charge is 2.24. The average molecular weight is 262 g/mol. The molecule has 102 valence electrons. The summed E-state index contributed by atoms with van der Waals surface area (Å²) in [6.07, 6.45) is 2.24. The Hall–Kier alpha value is -0.260. The lowest BCUT2D eigenvalue weighted by Gasteiger charge is -2.28. The fourth-order valence-electron chi connectivity index (χ4n) is 1.35. The number of hydrogen-bond acceptors (Lipinski definition) is 4. The van der Waals surface area contributed by atoms with Crippen LogP contribution in [0.2, 0.25) is 0 Å². The topological polar surface area (TPSA) is 75.3 Å². The second-order valence-corrected chi connectivity index (χ2v) is 6.57. The molecule has 0 spiro atoms. The first-order chi connectivity index (χ1) is 7.72. The van der Waals surface area contributed by atoms with E-state index in [1.54, 1.807) is 11.8 Å². The van der Waals surface area contributed by atoms with Gasteiger partial charge in [0.2, 0.25) is 5.91 Å². The van der Waals surface area contributed by atoms with Crippen LogP contribution in [0.5, 0.6) is 0 Å². The number of nitrogens with one attached hydrogen (secondary N) is 1. The first-order valence-electron chi connectivity index (χ1n) is 5.91. The lowest BCUT2D eigenvalue weighted by atomic mass is 9.85. The van der Waals surface area contributed by atoms with Crippen LogP contribution in [0, 0.1) is 5.41 Å². The van der Waals surface area contributed by atoms with Gasteiger partial charge in [-0.2, -0.15) is 11.8 Å². The predicted octanol–water partition coefficient (Wildman–Crippen LogP) is 0.978. The minimum atomic E-state index is -0.156. The van der Waals surface area contributed by atoms with E-state index in [4.69, 9.17) is 10.8 Å². The van der Waals surface area contributed by atoms with Crippen molar-refractivity contribution < 1.29 is 9.90 Å². The first kappa shape index (κ1) is 16.7. The maximum absolute atomic E-state index is 11.8. The summed E-state index contributed by atoms with van der Waals surface area (Å²) >= 11 is 1.55. The molecule has 0 radical (unpaired) electrons. The van der Waals surface area contributed by atoms with Gasteiger partial charge in [0.1, 0.15) is 0 Å². The highest BCUT2D eigenvalue weighted by atomic mass is 32.2. The second kappa shape index (κ2) is 7.24. The second-order valence-electron chi connectivity index (χ2n) is 5.49. The standard InChI is InChI=1S/C12H26N2O2S/c1-8(9(7-15)17-5)14-11(16)6-10(13)12(2,3)4/h8-10,15H,6-7,13H2,1-5H3,(H,14,16). The van der Waals surface area contributed by atoms with E-state index in [1.165, 1.54) is 0 Å². The third-order valence-electron chi connectivity index (χ3n) is 2.95. The van der Waals surface area contributed by atoms with Crippen molar-refractivity contribution in [2.75, 3.05) is 12.9 Å². The van der Waals surface area contributed by atoms with Crippen LogP contribution in [-0.4, -0.2) is 41.2 Å². The molecule has 17 heavy (non-hydrogen) atoms. The lowest BCUT2D eigenvalue weighted by molar-refractivity contribution is -0.122. The molecule has 3 atom stereocenters. The molecule has 0 rings (SSSR count). The van der Waals surface area contributed by atoms with Gasteiger partial charge in [-0.1, -0.05) is 20.8 Å². The van der Waals surface area contributed by atoms with Gasteiger partial charge in [0.15, 0.2) is 0 Å². The Bertz CT molecular complexity index is 237. The Morgan fingerprint density at radius 3 is 2.35 bits per heavy atom. The molecule has 0 heterocycles. The number of nitrogens with two attached hydrogens (primary N) is 1. The van der Waals surface area contributed by atoms with Crippen LogP contribution in [0.1, 0.15) is 34.1 Å². The summed E-state index contributed by atoms with van der Waals surface area (Å²) in [4.78, 5) is 11.8. The number of aliphatic hydroxyl groups excluding tert-OH is 1. The van der Waals surface area contributed by atoms with E-state index in [1.807, 2.05) is 34.0 Å². The monoisotopic (exact) mass is 262 g/mol. The van der Waals surface area contributed by atoms with Gasteiger partial charge >= 0.3 is 0 Å². The average Bonchev–Trinajstić information content (AvgIpc) is 2.17. The summed E-state index contributed by atoms with van der Waals surface area (Å²) in [5.74, 6) is -0.0487. The van der Waals surface area contributed by atoms with E-state index >= 15 is 0 Å². The van der Waals surface area contributed by atoms with E-state index in [2.05, 4.69) is 5.32 Å². The molecule has 3 unspecified atom stereocenters. The Kier molecular flexibility index (Phi) is 7.13. The van der Waals surface area contributed by atoms with Gasteiger partial charge in [-0.3, -0.25) is 4.79 Å².